The summed E-state index contributed by atoms with van der Waals surface area (Å²) in [6.07, 6.45) is 10.6. The zero-order valence-corrected chi connectivity index (χ0v) is 19.2. The number of fused-ring (bicyclic) bond motifs is 1. The van der Waals surface area contributed by atoms with Crippen molar-refractivity contribution >= 4 is 17.5 Å². The normalized spacial score (nSPS) is 13.1. The van der Waals surface area contributed by atoms with Crippen LogP contribution in [0.5, 0.6) is 5.75 Å². The molecule has 1 aromatic carbocycles. The first kappa shape index (κ1) is 21.6. The molecule has 3 aromatic heterocycles. The van der Waals surface area contributed by atoms with Gasteiger partial charge < -0.3 is 19.9 Å². The van der Waals surface area contributed by atoms with Gasteiger partial charge in [-0.2, -0.15) is 4.98 Å². The lowest BCUT2D eigenvalue weighted by atomic mass is 10.1. The first-order valence-corrected chi connectivity index (χ1v) is 11.4. The number of aromatic nitrogens is 4. The van der Waals surface area contributed by atoms with Crippen LogP contribution in [-0.4, -0.2) is 32.0 Å². The van der Waals surface area contributed by atoms with E-state index in [0.717, 1.165) is 42.0 Å². The summed E-state index contributed by atoms with van der Waals surface area (Å²) < 4.78 is 7.49. The van der Waals surface area contributed by atoms with Gasteiger partial charge in [-0.3, -0.25) is 9.78 Å². The van der Waals surface area contributed by atoms with E-state index in [2.05, 4.69) is 31.7 Å². The molecule has 0 radical (unpaired) electrons. The number of benzene rings is 1. The Morgan fingerprint density at radius 1 is 1.24 bits per heavy atom. The minimum absolute atomic E-state index is 0.0996. The number of anilines is 2. The van der Waals surface area contributed by atoms with Crippen molar-refractivity contribution in [2.24, 2.45) is 0 Å². The Morgan fingerprint density at radius 3 is 2.97 bits per heavy atom. The maximum atomic E-state index is 12.9. The number of carbonyl (C=O) groups excluding carboxylic acids is 1. The zero-order chi connectivity index (χ0) is 23.5. The number of aryl methyl sites for hydroxylation is 1. The summed E-state index contributed by atoms with van der Waals surface area (Å²) in [5.74, 6) is 1.93. The molecule has 1 unspecified atom stereocenters. The van der Waals surface area contributed by atoms with Crippen molar-refractivity contribution in [2.75, 3.05) is 11.9 Å². The summed E-state index contributed by atoms with van der Waals surface area (Å²) in [7, 11) is 0. The van der Waals surface area contributed by atoms with Gasteiger partial charge in [-0.1, -0.05) is 19.1 Å². The molecule has 1 aliphatic rings. The third kappa shape index (κ3) is 4.47. The molecular weight excluding hydrogens is 428 g/mol. The highest BCUT2D eigenvalue weighted by Crippen LogP contribution is 2.29. The van der Waals surface area contributed by atoms with Crippen LogP contribution in [0.25, 0.3) is 5.82 Å². The summed E-state index contributed by atoms with van der Waals surface area (Å²) in [6.45, 7) is 4.70. The molecule has 4 heterocycles. The average molecular weight is 455 g/mol. The third-order valence-electron chi connectivity index (χ3n) is 5.90. The molecule has 8 nitrogen and oxygen atoms in total. The van der Waals surface area contributed by atoms with Gasteiger partial charge in [0.05, 0.1) is 18.2 Å². The van der Waals surface area contributed by atoms with E-state index in [1.807, 2.05) is 48.9 Å². The van der Waals surface area contributed by atoms with Crippen molar-refractivity contribution in [3.63, 3.8) is 0 Å². The molecule has 34 heavy (non-hydrogen) atoms. The zero-order valence-electron chi connectivity index (χ0n) is 19.2. The first-order valence-electron chi connectivity index (χ1n) is 11.4. The van der Waals surface area contributed by atoms with Crippen molar-refractivity contribution < 1.29 is 9.53 Å². The van der Waals surface area contributed by atoms with Crippen molar-refractivity contribution in [3.8, 4) is 11.6 Å². The highest BCUT2D eigenvalue weighted by atomic mass is 16.5. The van der Waals surface area contributed by atoms with Crippen LogP contribution in [0.1, 0.15) is 46.4 Å². The quantitative estimate of drug-likeness (QED) is 0.426. The molecule has 0 bridgehead atoms. The summed E-state index contributed by atoms with van der Waals surface area (Å²) >= 11 is 0. The van der Waals surface area contributed by atoms with Crippen LogP contribution in [0.2, 0.25) is 0 Å². The van der Waals surface area contributed by atoms with Crippen molar-refractivity contribution in [1.82, 2.24) is 24.8 Å². The van der Waals surface area contributed by atoms with Gasteiger partial charge >= 0.3 is 0 Å². The number of pyridine rings is 1. The molecule has 1 aliphatic heterocycles. The van der Waals surface area contributed by atoms with Gasteiger partial charge in [0.2, 0.25) is 5.95 Å². The Hall–Kier alpha value is -4.20. The highest BCUT2D eigenvalue weighted by molar-refractivity contribution is 5.94. The van der Waals surface area contributed by atoms with Gasteiger partial charge in [0.25, 0.3) is 5.91 Å². The molecule has 4 aromatic rings. The minimum atomic E-state index is -0.141. The minimum Gasteiger partial charge on any atom is -0.493 e. The van der Waals surface area contributed by atoms with E-state index in [1.165, 1.54) is 5.56 Å². The van der Waals surface area contributed by atoms with Gasteiger partial charge in [0, 0.05) is 54.7 Å². The molecule has 172 valence electrons. The SMILES string of the molecule is CCC(NC(=O)c1ccn(-c2nc(Nc3ccc4c(c3)OCC4)ncc2C)c1)c1cccnc1. The molecule has 0 saturated heterocycles. The van der Waals surface area contributed by atoms with E-state index in [9.17, 15) is 4.79 Å². The van der Waals surface area contributed by atoms with E-state index in [0.29, 0.717) is 17.3 Å². The fourth-order valence-corrected chi connectivity index (χ4v) is 4.04. The predicted molar refractivity (Wildman–Crippen MR) is 130 cm³/mol. The summed E-state index contributed by atoms with van der Waals surface area (Å²) in [5, 5.41) is 6.35. The van der Waals surface area contributed by atoms with Crippen molar-refractivity contribution in [1.29, 1.82) is 0 Å². The van der Waals surface area contributed by atoms with Crippen LogP contribution in [-0.2, 0) is 6.42 Å². The van der Waals surface area contributed by atoms with Gasteiger partial charge in [-0.15, -0.1) is 0 Å². The molecular formula is C26H26N6O2. The second kappa shape index (κ2) is 9.35. The number of nitrogens with one attached hydrogen (secondary N) is 2. The fraction of sp³-hybridized carbons (Fsp3) is 0.231. The number of amides is 1. The number of carbonyl (C=O) groups is 1. The van der Waals surface area contributed by atoms with E-state index < -0.39 is 0 Å². The van der Waals surface area contributed by atoms with Crippen LogP contribution < -0.4 is 15.4 Å². The van der Waals surface area contributed by atoms with Crippen molar-refractivity contribution in [3.05, 3.63) is 89.6 Å². The second-order valence-corrected chi connectivity index (χ2v) is 8.27. The number of hydrogen-bond donors (Lipinski definition) is 2. The predicted octanol–water partition coefficient (Wildman–Crippen LogP) is 4.53. The fourth-order valence-electron chi connectivity index (χ4n) is 4.04. The smallest absolute Gasteiger partial charge is 0.253 e. The summed E-state index contributed by atoms with van der Waals surface area (Å²) in [4.78, 5) is 26.2. The molecule has 0 fully saturated rings. The Labute approximate surface area is 198 Å². The average Bonchev–Trinajstić information content (AvgIpc) is 3.54. The molecule has 8 heteroatoms. The lowest BCUT2D eigenvalue weighted by molar-refractivity contribution is 0.0935. The summed E-state index contributed by atoms with van der Waals surface area (Å²) in [5.41, 5.74) is 4.52. The van der Waals surface area contributed by atoms with Crippen LogP contribution in [0.15, 0.2) is 67.4 Å². The highest BCUT2D eigenvalue weighted by Gasteiger charge is 2.17. The van der Waals surface area contributed by atoms with Crippen LogP contribution in [0, 0.1) is 6.92 Å². The summed E-state index contributed by atoms with van der Waals surface area (Å²) in [6, 6.07) is 11.6. The Balaban J connectivity index is 1.33. The van der Waals surface area contributed by atoms with E-state index in [4.69, 9.17) is 4.74 Å². The van der Waals surface area contributed by atoms with E-state index >= 15 is 0 Å². The Kier molecular flexibility index (Phi) is 5.95. The van der Waals surface area contributed by atoms with E-state index in [1.54, 1.807) is 30.9 Å². The molecule has 0 spiro atoms. The third-order valence-corrected chi connectivity index (χ3v) is 5.90. The molecule has 0 aliphatic carbocycles. The molecule has 2 N–H and O–H groups in total. The largest absolute Gasteiger partial charge is 0.493 e. The number of ether oxygens (including phenoxy) is 1. The van der Waals surface area contributed by atoms with Crippen molar-refractivity contribution in [2.45, 2.75) is 32.7 Å². The number of hydrogen-bond acceptors (Lipinski definition) is 6. The van der Waals surface area contributed by atoms with Gasteiger partial charge in [0.1, 0.15) is 11.6 Å². The van der Waals surface area contributed by atoms with Gasteiger partial charge in [-0.25, -0.2) is 4.98 Å². The Bertz CT molecular complexity index is 1320. The maximum absolute atomic E-state index is 12.9. The second-order valence-electron chi connectivity index (χ2n) is 8.27. The van der Waals surface area contributed by atoms with Crippen LogP contribution in [0.3, 0.4) is 0 Å². The van der Waals surface area contributed by atoms with E-state index in [-0.39, 0.29) is 11.9 Å². The monoisotopic (exact) mass is 454 g/mol. The van der Waals surface area contributed by atoms with Gasteiger partial charge in [0.15, 0.2) is 0 Å². The molecule has 0 saturated carbocycles. The first-order chi connectivity index (χ1) is 16.6. The topological polar surface area (TPSA) is 94.0 Å². The molecule has 5 rings (SSSR count). The van der Waals surface area contributed by atoms with Crippen LogP contribution >= 0.6 is 0 Å². The van der Waals surface area contributed by atoms with Gasteiger partial charge in [-0.05, 0) is 42.7 Å². The number of nitrogens with zero attached hydrogens (tertiary/aromatic N) is 4. The lowest BCUT2D eigenvalue weighted by Crippen LogP contribution is -2.27. The standard InChI is InChI=1S/C26H26N6O2/c1-3-22(19-5-4-10-27-15-19)30-25(33)20-8-11-32(16-20)24-17(2)14-28-26(31-24)29-21-7-6-18-9-12-34-23(18)13-21/h4-8,10-11,13-16,22H,3,9,12H2,1-2H3,(H,30,33)(H,28,29,31). The van der Waals surface area contributed by atoms with Crippen LogP contribution in [0.4, 0.5) is 11.6 Å². The molecule has 1 atom stereocenters. The molecule has 1 amide bonds. The number of rotatable bonds is 7. The lowest BCUT2D eigenvalue weighted by Gasteiger charge is -2.16. The Morgan fingerprint density at radius 2 is 2.15 bits per heavy atom. The maximum Gasteiger partial charge on any atom is 0.253 e.